The van der Waals surface area contributed by atoms with E-state index in [1.807, 2.05) is 13.0 Å². The Labute approximate surface area is 166 Å². The number of nitrogens with one attached hydrogen (secondary N) is 1. The first-order valence-electron chi connectivity index (χ1n) is 7.09. The lowest BCUT2D eigenvalue weighted by atomic mass is 10.2. The lowest BCUT2D eigenvalue weighted by Gasteiger charge is -2.02. The van der Waals surface area contributed by atoms with Crippen LogP contribution in [0.2, 0.25) is 10.0 Å². The van der Waals surface area contributed by atoms with E-state index < -0.39 is 0 Å². The molecule has 2 heterocycles. The minimum absolute atomic E-state index is 0.266. The summed E-state index contributed by atoms with van der Waals surface area (Å²) in [5.74, 6) is 0.346. The van der Waals surface area contributed by atoms with Crippen molar-refractivity contribution in [1.82, 2.24) is 19.8 Å². The van der Waals surface area contributed by atoms with E-state index in [1.165, 1.54) is 23.1 Å². The Balaban J connectivity index is 1.62. The van der Waals surface area contributed by atoms with Crippen LogP contribution in [0.1, 0.15) is 27.9 Å². The SMILES string of the molecule is CCc1nnsc1C(=O)Nc1nnc(SCc2cc(Cl)ccc2Cl)s1. The molecule has 0 atom stereocenters. The standard InChI is InChI=1S/C14H11Cl2N5OS3/c1-2-10-11(25-21-18-10)12(22)17-13-19-20-14(24-13)23-6-7-5-8(15)3-4-9(7)16/h3-5H,2,6H2,1H3,(H,17,19,22). The van der Waals surface area contributed by atoms with Gasteiger partial charge in [-0.05, 0) is 41.7 Å². The predicted octanol–water partition coefficient (Wildman–Crippen LogP) is 4.80. The average molecular weight is 432 g/mol. The molecule has 25 heavy (non-hydrogen) atoms. The quantitative estimate of drug-likeness (QED) is 0.445. The maximum absolute atomic E-state index is 12.2. The molecule has 0 spiro atoms. The summed E-state index contributed by atoms with van der Waals surface area (Å²) in [6, 6.07) is 5.33. The first-order chi connectivity index (χ1) is 12.1. The Morgan fingerprint density at radius 2 is 2.12 bits per heavy atom. The number of carbonyl (C=O) groups is 1. The molecule has 130 valence electrons. The van der Waals surface area contributed by atoms with Crippen LogP contribution in [0.25, 0.3) is 0 Å². The number of amides is 1. The number of hydrogen-bond acceptors (Lipinski definition) is 8. The van der Waals surface area contributed by atoms with Crippen LogP contribution in [-0.4, -0.2) is 25.7 Å². The van der Waals surface area contributed by atoms with Gasteiger partial charge in [0.2, 0.25) is 5.13 Å². The molecule has 1 aromatic carbocycles. The summed E-state index contributed by atoms with van der Waals surface area (Å²) < 4.78 is 4.54. The van der Waals surface area contributed by atoms with E-state index >= 15 is 0 Å². The zero-order valence-electron chi connectivity index (χ0n) is 12.8. The number of anilines is 1. The highest BCUT2D eigenvalue weighted by Gasteiger charge is 2.17. The van der Waals surface area contributed by atoms with Gasteiger partial charge < -0.3 is 0 Å². The van der Waals surface area contributed by atoms with Crippen molar-refractivity contribution in [3.05, 3.63) is 44.4 Å². The zero-order valence-corrected chi connectivity index (χ0v) is 16.8. The maximum Gasteiger partial charge on any atom is 0.271 e. The van der Waals surface area contributed by atoms with Crippen molar-refractivity contribution >= 4 is 68.9 Å². The predicted molar refractivity (Wildman–Crippen MR) is 103 cm³/mol. The smallest absolute Gasteiger partial charge is 0.271 e. The van der Waals surface area contributed by atoms with Gasteiger partial charge in [0.15, 0.2) is 4.34 Å². The normalized spacial score (nSPS) is 10.8. The molecule has 1 N–H and O–H groups in total. The van der Waals surface area contributed by atoms with Crippen LogP contribution in [0.3, 0.4) is 0 Å². The van der Waals surface area contributed by atoms with Gasteiger partial charge >= 0.3 is 0 Å². The highest BCUT2D eigenvalue weighted by Crippen LogP contribution is 2.31. The number of nitrogens with zero attached hydrogens (tertiary/aromatic N) is 4. The van der Waals surface area contributed by atoms with Gasteiger partial charge in [0, 0.05) is 15.8 Å². The van der Waals surface area contributed by atoms with Crippen molar-refractivity contribution in [2.45, 2.75) is 23.4 Å². The maximum atomic E-state index is 12.2. The van der Waals surface area contributed by atoms with E-state index in [4.69, 9.17) is 23.2 Å². The second kappa shape index (κ2) is 8.41. The Morgan fingerprint density at radius 3 is 2.92 bits per heavy atom. The number of halogens is 2. The largest absolute Gasteiger partial charge is 0.296 e. The Kier molecular flexibility index (Phi) is 6.24. The fourth-order valence-electron chi connectivity index (χ4n) is 1.88. The van der Waals surface area contributed by atoms with Gasteiger partial charge in [0.25, 0.3) is 5.91 Å². The van der Waals surface area contributed by atoms with Crippen LogP contribution < -0.4 is 5.32 Å². The second-order valence-electron chi connectivity index (χ2n) is 4.75. The summed E-state index contributed by atoms with van der Waals surface area (Å²) in [5.41, 5.74) is 1.60. The highest BCUT2D eigenvalue weighted by atomic mass is 35.5. The monoisotopic (exact) mass is 431 g/mol. The number of benzene rings is 1. The molecule has 6 nitrogen and oxygen atoms in total. The van der Waals surface area contributed by atoms with Gasteiger partial charge in [-0.2, -0.15) is 0 Å². The molecule has 3 rings (SSSR count). The molecule has 3 aromatic rings. The van der Waals surface area contributed by atoms with Crippen molar-refractivity contribution in [3.63, 3.8) is 0 Å². The molecule has 0 fully saturated rings. The average Bonchev–Trinajstić information content (AvgIpc) is 3.24. The summed E-state index contributed by atoms with van der Waals surface area (Å²) in [6.07, 6.45) is 0.650. The number of rotatable bonds is 6. The minimum atomic E-state index is -0.266. The van der Waals surface area contributed by atoms with E-state index in [0.29, 0.717) is 37.9 Å². The third kappa shape index (κ3) is 4.68. The molecule has 1 amide bonds. The Hall–Kier alpha value is -1.26. The van der Waals surface area contributed by atoms with Gasteiger partial charge in [0.1, 0.15) is 4.88 Å². The number of aromatic nitrogens is 4. The van der Waals surface area contributed by atoms with Crippen LogP contribution in [-0.2, 0) is 12.2 Å². The van der Waals surface area contributed by atoms with Gasteiger partial charge in [-0.1, -0.05) is 57.7 Å². The van der Waals surface area contributed by atoms with Crippen LogP contribution >= 0.6 is 57.8 Å². The van der Waals surface area contributed by atoms with E-state index in [9.17, 15) is 4.79 Å². The third-order valence-electron chi connectivity index (χ3n) is 3.08. The summed E-state index contributed by atoms with van der Waals surface area (Å²) in [4.78, 5) is 12.7. The number of hydrogen-bond donors (Lipinski definition) is 1. The molecular weight excluding hydrogens is 421 g/mol. The van der Waals surface area contributed by atoms with Crippen molar-refractivity contribution in [2.24, 2.45) is 0 Å². The van der Waals surface area contributed by atoms with Crippen LogP contribution in [0.5, 0.6) is 0 Å². The fraction of sp³-hybridized carbons (Fsp3) is 0.214. The second-order valence-corrected chi connectivity index (χ2v) is 8.55. The summed E-state index contributed by atoms with van der Waals surface area (Å²) in [7, 11) is 0. The molecule has 0 saturated carbocycles. The lowest BCUT2D eigenvalue weighted by molar-refractivity contribution is 0.102. The van der Waals surface area contributed by atoms with Gasteiger partial charge in [-0.15, -0.1) is 15.3 Å². The van der Waals surface area contributed by atoms with Gasteiger partial charge in [0.05, 0.1) is 5.69 Å². The highest BCUT2D eigenvalue weighted by molar-refractivity contribution is 8.00. The van der Waals surface area contributed by atoms with E-state index in [2.05, 4.69) is 25.1 Å². The van der Waals surface area contributed by atoms with E-state index in [-0.39, 0.29) is 5.91 Å². The van der Waals surface area contributed by atoms with Crippen LogP contribution in [0, 0.1) is 0 Å². The van der Waals surface area contributed by atoms with Crippen molar-refractivity contribution < 1.29 is 4.79 Å². The van der Waals surface area contributed by atoms with Crippen molar-refractivity contribution in [1.29, 1.82) is 0 Å². The number of aryl methyl sites for hydroxylation is 1. The third-order valence-corrected chi connectivity index (χ3v) is 6.47. The molecule has 0 unspecified atom stereocenters. The van der Waals surface area contributed by atoms with E-state index in [1.54, 1.807) is 12.1 Å². The molecule has 2 aromatic heterocycles. The first-order valence-corrected chi connectivity index (χ1v) is 10.4. The topological polar surface area (TPSA) is 80.7 Å². The van der Waals surface area contributed by atoms with Crippen molar-refractivity contribution in [3.8, 4) is 0 Å². The Bertz CT molecular complexity index is 898. The lowest BCUT2D eigenvalue weighted by Crippen LogP contribution is -2.12. The molecule has 0 radical (unpaired) electrons. The van der Waals surface area contributed by atoms with Crippen LogP contribution in [0.4, 0.5) is 5.13 Å². The molecule has 0 aliphatic rings. The minimum Gasteiger partial charge on any atom is -0.296 e. The molecule has 0 bridgehead atoms. The summed E-state index contributed by atoms with van der Waals surface area (Å²) in [6.45, 7) is 1.92. The van der Waals surface area contributed by atoms with Crippen LogP contribution in [0.15, 0.2) is 22.5 Å². The molecule has 11 heteroatoms. The van der Waals surface area contributed by atoms with Gasteiger partial charge in [-0.25, -0.2) is 0 Å². The number of carbonyl (C=O) groups excluding carboxylic acids is 1. The fourth-order valence-corrected chi connectivity index (χ4v) is 4.72. The Morgan fingerprint density at radius 1 is 1.28 bits per heavy atom. The van der Waals surface area contributed by atoms with Gasteiger partial charge in [-0.3, -0.25) is 10.1 Å². The molecule has 0 aliphatic carbocycles. The summed E-state index contributed by atoms with van der Waals surface area (Å²) in [5, 5.41) is 16.4. The molecule has 0 saturated heterocycles. The van der Waals surface area contributed by atoms with E-state index in [0.717, 1.165) is 21.4 Å². The molecule has 0 aliphatic heterocycles. The summed E-state index contributed by atoms with van der Waals surface area (Å²) >= 11 is 16.0. The first kappa shape index (κ1) is 18.5. The van der Waals surface area contributed by atoms with Crippen molar-refractivity contribution in [2.75, 3.05) is 5.32 Å². The number of thioether (sulfide) groups is 1. The zero-order chi connectivity index (χ0) is 17.8. The molecular formula is C14H11Cl2N5OS3.